The van der Waals surface area contributed by atoms with Gasteiger partial charge in [0.15, 0.2) is 0 Å². The van der Waals surface area contributed by atoms with Gasteiger partial charge in [-0.25, -0.2) is 0 Å². The van der Waals surface area contributed by atoms with Gasteiger partial charge in [-0.3, -0.25) is 4.79 Å². The van der Waals surface area contributed by atoms with E-state index in [0.717, 1.165) is 0 Å². The highest BCUT2D eigenvalue weighted by atomic mass is 35.5. The molecule has 0 aliphatic rings. The number of rotatable bonds is 3. The van der Waals surface area contributed by atoms with Crippen LogP contribution in [0.25, 0.3) is 0 Å². The molecule has 0 bridgehead atoms. The summed E-state index contributed by atoms with van der Waals surface area (Å²) in [4.78, 5) is 11.9. The largest absolute Gasteiger partial charge is 0.497 e. The van der Waals surface area contributed by atoms with Crippen LogP contribution in [0.1, 0.15) is 10.4 Å². The van der Waals surface area contributed by atoms with Gasteiger partial charge in [0.2, 0.25) is 5.22 Å². The maximum Gasteiger partial charge on any atom is 0.260 e. The quantitative estimate of drug-likeness (QED) is 0.838. The van der Waals surface area contributed by atoms with Crippen molar-refractivity contribution in [1.29, 1.82) is 0 Å². The summed E-state index contributed by atoms with van der Waals surface area (Å²) in [6.45, 7) is 0. The van der Waals surface area contributed by atoms with E-state index in [9.17, 15) is 4.79 Å². The molecule has 6 heteroatoms. The van der Waals surface area contributed by atoms with Crippen LogP contribution in [-0.4, -0.2) is 13.0 Å². The molecule has 1 amide bonds. The molecule has 0 saturated heterocycles. The number of nitrogen functional groups attached to an aromatic ring is 1. The Balaban J connectivity index is 2.20. The zero-order chi connectivity index (χ0) is 13.1. The molecule has 1 aromatic carbocycles. The summed E-state index contributed by atoms with van der Waals surface area (Å²) in [5.74, 6) is 0.234. The van der Waals surface area contributed by atoms with E-state index in [2.05, 4.69) is 5.32 Å². The van der Waals surface area contributed by atoms with Crippen LogP contribution in [-0.2, 0) is 0 Å². The number of furan rings is 1. The van der Waals surface area contributed by atoms with Gasteiger partial charge in [0.1, 0.15) is 5.75 Å². The van der Waals surface area contributed by atoms with E-state index in [0.29, 0.717) is 17.1 Å². The lowest BCUT2D eigenvalue weighted by molar-refractivity contribution is 0.102. The molecule has 1 heterocycles. The summed E-state index contributed by atoms with van der Waals surface area (Å²) in [7, 11) is 1.54. The van der Waals surface area contributed by atoms with Gasteiger partial charge < -0.3 is 20.2 Å². The summed E-state index contributed by atoms with van der Waals surface area (Å²) < 4.78 is 9.86. The second-order valence-electron chi connectivity index (χ2n) is 3.52. The second-order valence-corrected chi connectivity index (χ2v) is 3.86. The molecule has 5 nitrogen and oxygen atoms in total. The minimum absolute atomic E-state index is 0.0413. The van der Waals surface area contributed by atoms with Crippen molar-refractivity contribution in [2.45, 2.75) is 0 Å². The average molecular weight is 267 g/mol. The molecule has 94 valence electrons. The Hall–Kier alpha value is -2.14. The van der Waals surface area contributed by atoms with Gasteiger partial charge in [-0.15, -0.1) is 0 Å². The highest BCUT2D eigenvalue weighted by Gasteiger charge is 2.14. The molecule has 18 heavy (non-hydrogen) atoms. The standard InChI is InChI=1S/C12H11ClN2O3/c1-17-7-2-3-10(9(14)6-7)15-12(16)8-4-5-18-11(8)13/h2-6H,14H2,1H3,(H,15,16). The number of hydrogen-bond donors (Lipinski definition) is 2. The highest BCUT2D eigenvalue weighted by molar-refractivity contribution is 6.32. The summed E-state index contributed by atoms with van der Waals surface area (Å²) >= 11 is 5.71. The lowest BCUT2D eigenvalue weighted by atomic mass is 10.2. The van der Waals surface area contributed by atoms with Crippen molar-refractivity contribution in [1.82, 2.24) is 0 Å². The zero-order valence-corrected chi connectivity index (χ0v) is 10.3. The molecule has 0 aliphatic carbocycles. The van der Waals surface area contributed by atoms with Gasteiger partial charge in [-0.1, -0.05) is 0 Å². The number of halogens is 1. The van der Waals surface area contributed by atoms with Gasteiger partial charge in [-0.2, -0.15) is 0 Å². The maximum atomic E-state index is 11.9. The molecule has 2 rings (SSSR count). The summed E-state index contributed by atoms with van der Waals surface area (Å²) in [6, 6.07) is 6.45. The molecule has 2 aromatic rings. The molecule has 0 radical (unpaired) electrons. The first-order valence-electron chi connectivity index (χ1n) is 5.09. The summed E-state index contributed by atoms with van der Waals surface area (Å²) in [5, 5.41) is 2.68. The fraction of sp³-hybridized carbons (Fsp3) is 0.0833. The van der Waals surface area contributed by atoms with Gasteiger partial charge >= 0.3 is 0 Å². The SMILES string of the molecule is COc1ccc(NC(=O)c2ccoc2Cl)c(N)c1. The van der Waals surface area contributed by atoms with E-state index in [-0.39, 0.29) is 16.7 Å². The number of carbonyl (C=O) groups excluding carboxylic acids is 1. The van der Waals surface area contributed by atoms with Crippen molar-refractivity contribution in [3.05, 3.63) is 41.3 Å². The number of hydrogen-bond acceptors (Lipinski definition) is 4. The van der Waals surface area contributed by atoms with E-state index < -0.39 is 0 Å². The Labute approximate surface area is 108 Å². The van der Waals surface area contributed by atoms with Crippen molar-refractivity contribution in [3.63, 3.8) is 0 Å². The third-order valence-electron chi connectivity index (χ3n) is 2.37. The first-order chi connectivity index (χ1) is 8.61. The number of carbonyl (C=O) groups is 1. The molecular formula is C12H11ClN2O3. The fourth-order valence-electron chi connectivity index (χ4n) is 1.43. The number of nitrogens with two attached hydrogens (primary N) is 1. The molecule has 1 aromatic heterocycles. The maximum absolute atomic E-state index is 11.9. The minimum atomic E-state index is -0.384. The van der Waals surface area contributed by atoms with Gasteiger partial charge in [-0.05, 0) is 29.8 Å². The lowest BCUT2D eigenvalue weighted by Crippen LogP contribution is -2.12. The molecule has 0 spiro atoms. The van der Waals surface area contributed by atoms with Crippen LogP contribution >= 0.6 is 11.6 Å². The molecular weight excluding hydrogens is 256 g/mol. The van der Waals surface area contributed by atoms with Crippen LogP contribution in [0.15, 0.2) is 34.9 Å². The van der Waals surface area contributed by atoms with Crippen LogP contribution in [0.5, 0.6) is 5.75 Å². The first-order valence-corrected chi connectivity index (χ1v) is 5.47. The van der Waals surface area contributed by atoms with Crippen molar-refractivity contribution < 1.29 is 13.9 Å². The fourth-order valence-corrected chi connectivity index (χ4v) is 1.63. The van der Waals surface area contributed by atoms with Gasteiger partial charge in [0, 0.05) is 6.07 Å². The number of anilines is 2. The van der Waals surface area contributed by atoms with Crippen molar-refractivity contribution in [2.75, 3.05) is 18.2 Å². The predicted molar refractivity (Wildman–Crippen MR) is 69.1 cm³/mol. The van der Waals surface area contributed by atoms with Crippen molar-refractivity contribution in [3.8, 4) is 5.75 Å². The van der Waals surface area contributed by atoms with Crippen LogP contribution in [0.2, 0.25) is 5.22 Å². The highest BCUT2D eigenvalue weighted by Crippen LogP contribution is 2.25. The summed E-state index contributed by atoms with van der Waals surface area (Å²) in [5.41, 5.74) is 6.93. The van der Waals surface area contributed by atoms with Crippen LogP contribution in [0.3, 0.4) is 0 Å². The predicted octanol–water partition coefficient (Wildman–Crippen LogP) is 2.78. The van der Waals surface area contributed by atoms with E-state index >= 15 is 0 Å². The Bertz CT molecular complexity index is 580. The molecule has 0 atom stereocenters. The molecule has 3 N–H and O–H groups in total. The Morgan fingerprint density at radius 3 is 2.78 bits per heavy atom. The monoisotopic (exact) mass is 266 g/mol. The number of benzene rings is 1. The number of methoxy groups -OCH3 is 1. The number of ether oxygens (including phenoxy) is 1. The molecule has 0 unspecified atom stereocenters. The topological polar surface area (TPSA) is 77.5 Å². The van der Waals surface area contributed by atoms with E-state index in [1.54, 1.807) is 18.2 Å². The smallest absolute Gasteiger partial charge is 0.260 e. The Morgan fingerprint density at radius 2 is 2.22 bits per heavy atom. The minimum Gasteiger partial charge on any atom is -0.497 e. The molecule has 0 saturated carbocycles. The summed E-state index contributed by atoms with van der Waals surface area (Å²) in [6.07, 6.45) is 1.34. The Morgan fingerprint density at radius 1 is 1.44 bits per heavy atom. The third-order valence-corrected chi connectivity index (χ3v) is 2.66. The van der Waals surface area contributed by atoms with E-state index in [1.165, 1.54) is 19.4 Å². The van der Waals surface area contributed by atoms with Crippen molar-refractivity contribution >= 4 is 28.9 Å². The molecule has 0 aliphatic heterocycles. The van der Waals surface area contributed by atoms with Gasteiger partial charge in [0.25, 0.3) is 5.91 Å². The van der Waals surface area contributed by atoms with Gasteiger partial charge in [0.05, 0.1) is 30.3 Å². The van der Waals surface area contributed by atoms with E-state index in [1.807, 2.05) is 0 Å². The first kappa shape index (κ1) is 12.3. The van der Waals surface area contributed by atoms with E-state index in [4.69, 9.17) is 26.5 Å². The normalized spacial score (nSPS) is 10.1. The molecule has 0 fully saturated rings. The second kappa shape index (κ2) is 5.01. The third kappa shape index (κ3) is 2.41. The van der Waals surface area contributed by atoms with Crippen LogP contribution < -0.4 is 15.8 Å². The zero-order valence-electron chi connectivity index (χ0n) is 9.57. The van der Waals surface area contributed by atoms with Crippen LogP contribution in [0, 0.1) is 0 Å². The number of nitrogens with one attached hydrogen (secondary N) is 1. The number of amides is 1. The van der Waals surface area contributed by atoms with Crippen LogP contribution in [0.4, 0.5) is 11.4 Å². The van der Waals surface area contributed by atoms with Crippen molar-refractivity contribution in [2.24, 2.45) is 0 Å². The average Bonchev–Trinajstić information content (AvgIpc) is 2.78. The lowest BCUT2D eigenvalue weighted by Gasteiger charge is -2.08. The Kier molecular flexibility index (Phi) is 3.43.